The van der Waals surface area contributed by atoms with Gasteiger partial charge in [-0.15, -0.1) is 0 Å². The molecule has 4 rings (SSSR count). The molecule has 2 aliphatic rings. The Balaban J connectivity index is 1.47. The summed E-state index contributed by atoms with van der Waals surface area (Å²) in [5, 5.41) is 9.03. The number of carbonyl (C=O) groups excluding carboxylic acids is 5. The maximum atomic E-state index is 13.6. The summed E-state index contributed by atoms with van der Waals surface area (Å²) in [5.74, 6) is -1.55. The van der Waals surface area contributed by atoms with Crippen LogP contribution in [0.15, 0.2) is 24.3 Å². The van der Waals surface area contributed by atoms with Crippen molar-refractivity contribution in [3.05, 3.63) is 30.0 Å². The van der Waals surface area contributed by atoms with Crippen LogP contribution in [0, 0.1) is 11.8 Å². The van der Waals surface area contributed by atoms with E-state index in [2.05, 4.69) is 20.9 Å². The molecule has 4 N–H and O–H groups in total. The van der Waals surface area contributed by atoms with Gasteiger partial charge in [0.05, 0.1) is 13.2 Å². The van der Waals surface area contributed by atoms with Crippen LogP contribution >= 0.6 is 0 Å². The van der Waals surface area contributed by atoms with Crippen LogP contribution in [0.3, 0.4) is 0 Å². The predicted octanol–water partition coefficient (Wildman–Crippen LogP) is 2.52. The van der Waals surface area contributed by atoms with Gasteiger partial charge in [0, 0.05) is 36.0 Å². The van der Waals surface area contributed by atoms with Gasteiger partial charge in [-0.25, -0.2) is 4.79 Å². The van der Waals surface area contributed by atoms with Crippen LogP contribution in [-0.4, -0.2) is 84.4 Å². The molecule has 0 bridgehead atoms. The number of hydrogen-bond donors (Lipinski definition) is 4. The van der Waals surface area contributed by atoms with Crippen molar-refractivity contribution in [1.82, 2.24) is 25.8 Å². The number of aromatic amines is 1. The molecular weight excluding hydrogens is 542 g/mol. The fourth-order valence-electron chi connectivity index (χ4n) is 5.59. The Morgan fingerprint density at radius 3 is 2.55 bits per heavy atom. The first kappa shape index (κ1) is 30.9. The molecule has 1 aromatic carbocycles. The fraction of sp³-hybridized carbons (Fsp3) is 0.567. The van der Waals surface area contributed by atoms with E-state index >= 15 is 0 Å². The van der Waals surface area contributed by atoms with Crippen LogP contribution in [-0.2, 0) is 19.1 Å². The number of benzene rings is 1. The molecule has 2 saturated heterocycles. The molecule has 4 amide bonds. The van der Waals surface area contributed by atoms with Crippen molar-refractivity contribution >= 4 is 40.5 Å². The van der Waals surface area contributed by atoms with Crippen molar-refractivity contribution in [1.29, 1.82) is 0 Å². The maximum absolute atomic E-state index is 13.6. The number of aromatic nitrogens is 1. The van der Waals surface area contributed by atoms with Crippen LogP contribution in [0.4, 0.5) is 4.79 Å². The number of nitrogens with one attached hydrogen (secondary N) is 4. The molecule has 1 aromatic heterocycles. The van der Waals surface area contributed by atoms with E-state index in [9.17, 15) is 24.0 Å². The lowest BCUT2D eigenvalue weighted by Gasteiger charge is -2.25. The zero-order valence-corrected chi connectivity index (χ0v) is 24.7. The number of methoxy groups -OCH3 is 1. The molecule has 12 nitrogen and oxygen atoms in total. The van der Waals surface area contributed by atoms with E-state index in [4.69, 9.17) is 9.47 Å². The monoisotopic (exact) mass is 583 g/mol. The maximum Gasteiger partial charge on any atom is 0.410 e. The number of Topliss-reactive ketones (excluding diaryl/α,β-unsaturated/α-hetero) is 1. The van der Waals surface area contributed by atoms with Crippen molar-refractivity contribution in [3.63, 3.8) is 0 Å². The lowest BCUT2D eigenvalue weighted by molar-refractivity contribution is -0.132. The van der Waals surface area contributed by atoms with Gasteiger partial charge in [-0.3, -0.25) is 19.2 Å². The Kier molecular flexibility index (Phi) is 10.1. The Hall–Kier alpha value is -4.09. The highest BCUT2D eigenvalue weighted by molar-refractivity contribution is 6.02. The fourth-order valence-corrected chi connectivity index (χ4v) is 5.59. The number of likely N-dealkylation sites (tertiary alicyclic amines) is 1. The van der Waals surface area contributed by atoms with Gasteiger partial charge in [0.25, 0.3) is 5.91 Å². The average molecular weight is 584 g/mol. The second-order valence-corrected chi connectivity index (χ2v) is 11.5. The van der Waals surface area contributed by atoms with Crippen LogP contribution < -0.4 is 20.7 Å². The van der Waals surface area contributed by atoms with Crippen LogP contribution in [0.2, 0.25) is 0 Å². The number of hydrogen-bond acceptors (Lipinski definition) is 7. The molecule has 3 heterocycles. The molecule has 2 fully saturated rings. The number of rotatable bonds is 12. The molecule has 4 atom stereocenters. The smallest absolute Gasteiger partial charge is 0.410 e. The standard InChI is InChI=1S/C30H41N5O7/c1-17(2)13-23(34-29(39)24-15-20-21(32-24)8-5-9-26(20)41-4)28(38)33-22(14-19-10-11-31-27(19)37)25(36)16-42-30(40)35-12-6-7-18(35)3/h5,8-9,15,17-19,22-23,32H,6-7,10-14,16H2,1-4H3,(H,31,37)(H,33,38)(H,34,39)/t18?,19-,22-,23-/m0/s1. The number of H-pyrrole nitrogens is 1. The van der Waals surface area contributed by atoms with Crippen molar-refractivity contribution in [3.8, 4) is 5.75 Å². The highest BCUT2D eigenvalue weighted by Gasteiger charge is 2.34. The Bertz CT molecular complexity index is 1320. The van der Waals surface area contributed by atoms with Gasteiger partial charge in [0.1, 0.15) is 17.5 Å². The molecule has 42 heavy (non-hydrogen) atoms. The first-order chi connectivity index (χ1) is 20.1. The molecule has 0 spiro atoms. The zero-order chi connectivity index (χ0) is 30.4. The van der Waals surface area contributed by atoms with Crippen LogP contribution in [0.1, 0.15) is 63.4 Å². The Morgan fingerprint density at radius 1 is 1.12 bits per heavy atom. The van der Waals surface area contributed by atoms with Gasteiger partial charge in [0.2, 0.25) is 11.8 Å². The van der Waals surface area contributed by atoms with Gasteiger partial charge in [-0.2, -0.15) is 0 Å². The largest absolute Gasteiger partial charge is 0.496 e. The van der Waals surface area contributed by atoms with Crippen molar-refractivity contribution in [2.24, 2.45) is 11.8 Å². The van der Waals surface area contributed by atoms with Gasteiger partial charge in [-0.05, 0) is 63.1 Å². The number of ketones is 1. The van der Waals surface area contributed by atoms with E-state index in [1.54, 1.807) is 30.2 Å². The quantitative estimate of drug-likeness (QED) is 0.299. The van der Waals surface area contributed by atoms with E-state index in [-0.39, 0.29) is 30.0 Å². The molecule has 0 aliphatic carbocycles. The molecule has 2 aliphatic heterocycles. The molecule has 1 unspecified atom stereocenters. The summed E-state index contributed by atoms with van der Waals surface area (Å²) in [6.45, 7) is 6.29. The first-order valence-electron chi connectivity index (χ1n) is 14.6. The second kappa shape index (κ2) is 13.7. The van der Waals surface area contributed by atoms with Crippen molar-refractivity contribution in [2.75, 3.05) is 26.8 Å². The van der Waals surface area contributed by atoms with E-state index in [1.165, 1.54) is 0 Å². The molecule has 2 aromatic rings. The third-order valence-electron chi connectivity index (χ3n) is 7.93. The molecule has 228 valence electrons. The topological polar surface area (TPSA) is 159 Å². The van der Waals surface area contributed by atoms with Gasteiger partial charge in [-0.1, -0.05) is 19.9 Å². The number of carbonyl (C=O) groups is 5. The van der Waals surface area contributed by atoms with Crippen molar-refractivity contribution in [2.45, 2.75) is 71.0 Å². The minimum atomic E-state index is -1.07. The third-order valence-corrected chi connectivity index (χ3v) is 7.93. The summed E-state index contributed by atoms with van der Waals surface area (Å²) < 4.78 is 10.7. The average Bonchev–Trinajstić information content (AvgIpc) is 3.70. The lowest BCUT2D eigenvalue weighted by Crippen LogP contribution is -2.53. The summed E-state index contributed by atoms with van der Waals surface area (Å²) >= 11 is 0. The highest BCUT2D eigenvalue weighted by atomic mass is 16.6. The van der Waals surface area contributed by atoms with Gasteiger partial charge < -0.3 is 35.3 Å². The molecule has 0 saturated carbocycles. The third kappa shape index (κ3) is 7.40. The minimum absolute atomic E-state index is 0.0315. The minimum Gasteiger partial charge on any atom is -0.496 e. The summed E-state index contributed by atoms with van der Waals surface area (Å²) in [4.78, 5) is 69.5. The summed E-state index contributed by atoms with van der Waals surface area (Å²) in [5.41, 5.74) is 0.970. The van der Waals surface area contributed by atoms with E-state index < -0.39 is 48.3 Å². The summed E-state index contributed by atoms with van der Waals surface area (Å²) in [7, 11) is 1.55. The first-order valence-corrected chi connectivity index (χ1v) is 14.6. The molecular formula is C30H41N5O7. The normalized spacial score (nSPS) is 19.8. The van der Waals surface area contributed by atoms with Crippen molar-refractivity contribution < 1.29 is 33.4 Å². The lowest BCUT2D eigenvalue weighted by atomic mass is 9.95. The number of nitrogens with zero attached hydrogens (tertiary/aromatic N) is 1. The van der Waals surface area contributed by atoms with Gasteiger partial charge >= 0.3 is 6.09 Å². The summed E-state index contributed by atoms with van der Waals surface area (Å²) in [6, 6.07) is 5.08. The van der Waals surface area contributed by atoms with E-state index in [1.807, 2.05) is 26.8 Å². The number of fused-ring (bicyclic) bond motifs is 1. The SMILES string of the molecule is COc1cccc2[nH]c(C(=O)N[C@@H](CC(C)C)C(=O)N[C@@H](C[C@@H]3CCNC3=O)C(=O)COC(=O)N3CCCC3C)cc12. The van der Waals surface area contributed by atoms with E-state index in [0.29, 0.717) is 37.2 Å². The number of ether oxygens (including phenoxy) is 2. The van der Waals surface area contributed by atoms with E-state index in [0.717, 1.165) is 18.2 Å². The van der Waals surface area contributed by atoms with Crippen LogP contribution in [0.25, 0.3) is 10.9 Å². The summed E-state index contributed by atoms with van der Waals surface area (Å²) in [6.07, 6.45) is 2.07. The van der Waals surface area contributed by atoms with Crippen LogP contribution in [0.5, 0.6) is 5.75 Å². The Labute approximate surface area is 245 Å². The highest BCUT2D eigenvalue weighted by Crippen LogP contribution is 2.26. The molecule has 0 radical (unpaired) electrons. The number of amides is 4. The second-order valence-electron chi connectivity index (χ2n) is 11.5. The predicted molar refractivity (Wildman–Crippen MR) is 155 cm³/mol. The molecule has 12 heteroatoms. The van der Waals surface area contributed by atoms with Gasteiger partial charge in [0.15, 0.2) is 12.4 Å². The zero-order valence-electron chi connectivity index (χ0n) is 24.7. The Morgan fingerprint density at radius 2 is 1.90 bits per heavy atom.